The first-order valence-electron chi connectivity index (χ1n) is 5.78. The van der Waals surface area contributed by atoms with Gasteiger partial charge in [-0.2, -0.15) is 0 Å². The highest BCUT2D eigenvalue weighted by Crippen LogP contribution is 2.18. The largest absolute Gasteiger partial charge is 0.385 e. The summed E-state index contributed by atoms with van der Waals surface area (Å²) in [5, 5.41) is 5.86. The standard InChI is InChI=1S/C14H17NOS/c1-17(16)10-4-9-15-14-8-7-12-5-2-3-6-13(12)11-14/h2-3,5-8,11,15H,4,9-10H2,1H3. The topological polar surface area (TPSA) is 29.1 Å². The van der Waals surface area contributed by atoms with Crippen LogP contribution in [0.1, 0.15) is 6.42 Å². The third kappa shape index (κ3) is 3.56. The lowest BCUT2D eigenvalue weighted by Gasteiger charge is -2.07. The number of fused-ring (bicyclic) bond motifs is 1. The van der Waals surface area contributed by atoms with Crippen LogP contribution in [0.4, 0.5) is 5.69 Å². The predicted molar refractivity (Wildman–Crippen MR) is 76.0 cm³/mol. The van der Waals surface area contributed by atoms with E-state index in [1.807, 2.05) is 12.1 Å². The molecule has 0 fully saturated rings. The van der Waals surface area contributed by atoms with Crippen molar-refractivity contribution in [2.45, 2.75) is 6.42 Å². The van der Waals surface area contributed by atoms with Gasteiger partial charge in [0.15, 0.2) is 0 Å². The Morgan fingerprint density at radius 2 is 1.88 bits per heavy atom. The van der Waals surface area contributed by atoms with Crippen molar-refractivity contribution in [1.29, 1.82) is 0 Å². The average Bonchev–Trinajstić information content (AvgIpc) is 2.34. The van der Waals surface area contributed by atoms with Gasteiger partial charge in [-0.25, -0.2) is 0 Å². The molecule has 0 saturated heterocycles. The minimum atomic E-state index is -0.686. The molecule has 1 unspecified atom stereocenters. The molecule has 0 amide bonds. The minimum Gasteiger partial charge on any atom is -0.385 e. The third-order valence-corrected chi connectivity index (χ3v) is 3.55. The quantitative estimate of drug-likeness (QED) is 0.823. The second-order valence-electron chi connectivity index (χ2n) is 4.12. The van der Waals surface area contributed by atoms with Crippen LogP contribution in [0.3, 0.4) is 0 Å². The van der Waals surface area contributed by atoms with Crippen LogP contribution in [0.2, 0.25) is 0 Å². The van der Waals surface area contributed by atoms with Gasteiger partial charge < -0.3 is 5.32 Å². The Balaban J connectivity index is 1.97. The summed E-state index contributed by atoms with van der Waals surface area (Å²) < 4.78 is 10.9. The summed E-state index contributed by atoms with van der Waals surface area (Å²) in [6.07, 6.45) is 2.69. The second kappa shape index (κ2) is 5.82. The van der Waals surface area contributed by atoms with Crippen LogP contribution in [0.15, 0.2) is 42.5 Å². The first-order valence-corrected chi connectivity index (χ1v) is 7.51. The van der Waals surface area contributed by atoms with Crippen LogP contribution in [-0.4, -0.2) is 22.8 Å². The molecule has 2 aromatic carbocycles. The molecule has 0 aromatic heterocycles. The maximum absolute atomic E-state index is 10.9. The van der Waals surface area contributed by atoms with E-state index in [9.17, 15) is 4.21 Å². The summed E-state index contributed by atoms with van der Waals surface area (Å²) in [4.78, 5) is 0. The summed E-state index contributed by atoms with van der Waals surface area (Å²) in [7, 11) is -0.686. The number of nitrogens with one attached hydrogen (secondary N) is 1. The highest BCUT2D eigenvalue weighted by molar-refractivity contribution is 7.84. The van der Waals surface area contributed by atoms with Crippen molar-refractivity contribution < 1.29 is 4.21 Å². The Hall–Kier alpha value is -1.35. The summed E-state index contributed by atoms with van der Waals surface area (Å²) in [6, 6.07) is 14.7. The molecule has 0 heterocycles. The van der Waals surface area contributed by atoms with E-state index in [1.54, 1.807) is 6.26 Å². The van der Waals surface area contributed by atoms with Crippen LogP contribution in [0.5, 0.6) is 0 Å². The zero-order valence-electron chi connectivity index (χ0n) is 9.98. The summed E-state index contributed by atoms with van der Waals surface area (Å²) >= 11 is 0. The summed E-state index contributed by atoms with van der Waals surface area (Å²) in [5.74, 6) is 0.764. The van der Waals surface area contributed by atoms with Gasteiger partial charge in [0, 0.05) is 35.0 Å². The molecule has 2 aromatic rings. The van der Waals surface area contributed by atoms with Gasteiger partial charge in [0.2, 0.25) is 0 Å². The molecule has 0 aliphatic heterocycles. The summed E-state index contributed by atoms with van der Waals surface area (Å²) in [5.41, 5.74) is 1.13. The zero-order chi connectivity index (χ0) is 12.1. The van der Waals surface area contributed by atoms with Crippen LogP contribution in [0.25, 0.3) is 10.8 Å². The van der Waals surface area contributed by atoms with Gasteiger partial charge in [0.1, 0.15) is 0 Å². The van der Waals surface area contributed by atoms with Crippen molar-refractivity contribution in [1.82, 2.24) is 0 Å². The van der Waals surface area contributed by atoms with Crippen LogP contribution in [-0.2, 0) is 10.8 Å². The Morgan fingerprint density at radius 3 is 2.65 bits per heavy atom. The zero-order valence-corrected chi connectivity index (χ0v) is 10.8. The molecule has 17 heavy (non-hydrogen) atoms. The lowest BCUT2D eigenvalue weighted by Crippen LogP contribution is -2.05. The average molecular weight is 247 g/mol. The van der Waals surface area contributed by atoms with Crippen LogP contribution < -0.4 is 5.32 Å². The fourth-order valence-corrected chi connectivity index (χ4v) is 2.36. The van der Waals surface area contributed by atoms with Gasteiger partial charge in [0.05, 0.1) is 0 Å². The SMILES string of the molecule is CS(=O)CCCNc1ccc2ccccc2c1. The first kappa shape index (κ1) is 12.1. The Kier molecular flexibility index (Phi) is 4.15. The normalized spacial score (nSPS) is 12.5. The molecule has 0 saturated carbocycles. The van der Waals surface area contributed by atoms with Gasteiger partial charge >= 0.3 is 0 Å². The number of hydrogen-bond donors (Lipinski definition) is 1. The number of hydrogen-bond acceptors (Lipinski definition) is 2. The molecule has 1 atom stereocenters. The third-order valence-electron chi connectivity index (χ3n) is 2.69. The highest BCUT2D eigenvalue weighted by atomic mass is 32.2. The second-order valence-corrected chi connectivity index (χ2v) is 5.67. The lowest BCUT2D eigenvalue weighted by atomic mass is 10.1. The monoisotopic (exact) mass is 247 g/mol. The van der Waals surface area contributed by atoms with Gasteiger partial charge in [-0.3, -0.25) is 4.21 Å². The molecule has 2 nitrogen and oxygen atoms in total. The molecule has 3 heteroatoms. The maximum Gasteiger partial charge on any atom is 0.0346 e. The molecular formula is C14H17NOS. The van der Waals surface area contributed by atoms with E-state index in [-0.39, 0.29) is 0 Å². The molecule has 2 rings (SSSR count). The fourth-order valence-electron chi connectivity index (χ4n) is 1.81. The molecule has 0 radical (unpaired) electrons. The van der Waals surface area contributed by atoms with E-state index in [0.29, 0.717) is 0 Å². The van der Waals surface area contributed by atoms with Crippen molar-refractivity contribution in [3.8, 4) is 0 Å². The van der Waals surface area contributed by atoms with Gasteiger partial charge in [0.25, 0.3) is 0 Å². The van der Waals surface area contributed by atoms with Crippen LogP contribution >= 0.6 is 0 Å². The van der Waals surface area contributed by atoms with Gasteiger partial charge in [-0.15, -0.1) is 0 Å². The lowest BCUT2D eigenvalue weighted by molar-refractivity contribution is 0.685. The molecule has 0 aliphatic rings. The Morgan fingerprint density at radius 1 is 1.12 bits per heavy atom. The van der Waals surface area contributed by atoms with Gasteiger partial charge in [-0.1, -0.05) is 30.3 Å². The number of rotatable bonds is 5. The summed E-state index contributed by atoms with van der Waals surface area (Å²) in [6.45, 7) is 0.873. The van der Waals surface area contributed by atoms with Crippen molar-refractivity contribution in [3.05, 3.63) is 42.5 Å². The number of anilines is 1. The molecule has 0 spiro atoms. The Bertz CT molecular complexity index is 524. The molecule has 90 valence electrons. The van der Waals surface area contributed by atoms with E-state index >= 15 is 0 Å². The van der Waals surface area contributed by atoms with Crippen LogP contribution in [0, 0.1) is 0 Å². The molecular weight excluding hydrogens is 230 g/mol. The van der Waals surface area contributed by atoms with Crippen molar-refractivity contribution in [3.63, 3.8) is 0 Å². The Labute approximate surface area is 104 Å². The van der Waals surface area contributed by atoms with E-state index < -0.39 is 10.8 Å². The highest BCUT2D eigenvalue weighted by Gasteiger charge is 1.96. The van der Waals surface area contributed by atoms with Crippen molar-refractivity contribution in [2.75, 3.05) is 23.9 Å². The predicted octanol–water partition coefficient (Wildman–Crippen LogP) is 3.02. The van der Waals surface area contributed by atoms with Gasteiger partial charge in [-0.05, 0) is 29.3 Å². The smallest absolute Gasteiger partial charge is 0.0346 e. The van der Waals surface area contributed by atoms with E-state index in [1.165, 1.54) is 10.8 Å². The first-order chi connectivity index (χ1) is 8.25. The van der Waals surface area contributed by atoms with E-state index in [2.05, 4.69) is 35.6 Å². The molecule has 1 N–H and O–H groups in total. The van der Waals surface area contributed by atoms with Crippen molar-refractivity contribution in [2.24, 2.45) is 0 Å². The fraction of sp³-hybridized carbons (Fsp3) is 0.286. The van der Waals surface area contributed by atoms with E-state index in [0.717, 1.165) is 24.4 Å². The van der Waals surface area contributed by atoms with Crippen molar-refractivity contribution >= 4 is 27.3 Å². The minimum absolute atomic E-state index is 0.686. The number of benzene rings is 2. The maximum atomic E-state index is 10.9. The van der Waals surface area contributed by atoms with E-state index in [4.69, 9.17) is 0 Å². The molecule has 0 bridgehead atoms. The molecule has 0 aliphatic carbocycles.